The highest BCUT2D eigenvalue weighted by molar-refractivity contribution is 8.14. The van der Waals surface area contributed by atoms with Gasteiger partial charge in [0.1, 0.15) is 0 Å². The van der Waals surface area contributed by atoms with Crippen LogP contribution in [0, 0.1) is 6.92 Å². The van der Waals surface area contributed by atoms with Gasteiger partial charge >= 0.3 is 0 Å². The van der Waals surface area contributed by atoms with Gasteiger partial charge in [0.05, 0.1) is 0 Å². The van der Waals surface area contributed by atoms with Gasteiger partial charge in [-0.05, 0) is 24.6 Å². The Morgan fingerprint density at radius 3 is 2.83 bits per heavy atom. The molecule has 1 atom stereocenters. The van der Waals surface area contributed by atoms with Crippen molar-refractivity contribution in [3.05, 3.63) is 23.8 Å². The predicted molar refractivity (Wildman–Crippen MR) is 74.6 cm³/mol. The summed E-state index contributed by atoms with van der Waals surface area (Å²) in [6.45, 7) is 4.03. The zero-order valence-corrected chi connectivity index (χ0v) is 11.3. The van der Waals surface area contributed by atoms with E-state index in [1.165, 1.54) is 18.7 Å². The fourth-order valence-electron chi connectivity index (χ4n) is 2.03. The molecule has 1 aromatic carbocycles. The molecule has 0 saturated carbocycles. The van der Waals surface area contributed by atoms with E-state index in [4.69, 9.17) is 5.73 Å². The molecular formula is C13H16N2O2S. The second-order valence-corrected chi connectivity index (χ2v) is 5.96. The van der Waals surface area contributed by atoms with Crippen LogP contribution in [0.5, 0.6) is 0 Å². The first-order valence-corrected chi connectivity index (χ1v) is 6.69. The van der Waals surface area contributed by atoms with Crippen LogP contribution in [-0.4, -0.2) is 22.8 Å². The summed E-state index contributed by atoms with van der Waals surface area (Å²) >= 11 is 1.24. The molecule has 18 heavy (non-hydrogen) atoms. The second-order valence-electron chi connectivity index (χ2n) is 4.48. The van der Waals surface area contributed by atoms with Crippen LogP contribution >= 0.6 is 11.8 Å². The third kappa shape index (κ3) is 2.67. The van der Waals surface area contributed by atoms with Crippen molar-refractivity contribution in [1.29, 1.82) is 0 Å². The first-order valence-electron chi connectivity index (χ1n) is 5.81. The van der Waals surface area contributed by atoms with Crippen molar-refractivity contribution >= 4 is 34.2 Å². The van der Waals surface area contributed by atoms with E-state index in [1.807, 2.05) is 25.1 Å². The molecule has 1 fully saturated rings. The van der Waals surface area contributed by atoms with Crippen LogP contribution < -0.4 is 10.6 Å². The molecule has 0 aliphatic carbocycles. The van der Waals surface area contributed by atoms with Gasteiger partial charge in [-0.3, -0.25) is 9.59 Å². The lowest BCUT2D eigenvalue weighted by molar-refractivity contribution is -0.117. The molecule has 1 aromatic rings. The molecule has 1 heterocycles. The first-order chi connectivity index (χ1) is 8.47. The van der Waals surface area contributed by atoms with E-state index >= 15 is 0 Å². The van der Waals surface area contributed by atoms with E-state index < -0.39 is 0 Å². The number of hydrogen-bond acceptors (Lipinski definition) is 4. The highest BCUT2D eigenvalue weighted by atomic mass is 32.2. The normalized spacial score (nSPS) is 19.3. The van der Waals surface area contributed by atoms with Gasteiger partial charge in [-0.2, -0.15) is 0 Å². The van der Waals surface area contributed by atoms with Crippen LogP contribution in [0.2, 0.25) is 0 Å². The van der Waals surface area contributed by atoms with Gasteiger partial charge in [-0.15, -0.1) is 0 Å². The number of thioether (sulfide) groups is 1. The molecule has 96 valence electrons. The standard InChI is InChI=1S/C13H16N2O2S/c1-8-3-4-10(5-12(8)14)15-7-11(6-13(15)17)18-9(2)16/h3-5,11H,6-7,14H2,1-2H3. The summed E-state index contributed by atoms with van der Waals surface area (Å²) in [4.78, 5) is 24.7. The summed E-state index contributed by atoms with van der Waals surface area (Å²) in [6.07, 6.45) is 0.415. The third-order valence-electron chi connectivity index (χ3n) is 3.00. The van der Waals surface area contributed by atoms with Crippen LogP contribution in [0.1, 0.15) is 18.9 Å². The molecular weight excluding hydrogens is 248 g/mol. The lowest BCUT2D eigenvalue weighted by Crippen LogP contribution is -2.25. The zero-order chi connectivity index (χ0) is 13.3. The SMILES string of the molecule is CC(=O)SC1CC(=O)N(c2ccc(C)c(N)c2)C1. The molecule has 4 nitrogen and oxygen atoms in total. The zero-order valence-electron chi connectivity index (χ0n) is 10.5. The lowest BCUT2D eigenvalue weighted by Gasteiger charge is -2.17. The molecule has 1 aliphatic rings. The maximum Gasteiger partial charge on any atom is 0.228 e. The Morgan fingerprint density at radius 2 is 2.22 bits per heavy atom. The Bertz CT molecular complexity index is 502. The smallest absolute Gasteiger partial charge is 0.228 e. The van der Waals surface area contributed by atoms with E-state index in [9.17, 15) is 9.59 Å². The van der Waals surface area contributed by atoms with Crippen molar-refractivity contribution in [3.8, 4) is 0 Å². The Morgan fingerprint density at radius 1 is 1.50 bits per heavy atom. The fraction of sp³-hybridized carbons (Fsp3) is 0.385. The third-order valence-corrected chi connectivity index (χ3v) is 3.98. The van der Waals surface area contributed by atoms with Gasteiger partial charge in [-0.25, -0.2) is 0 Å². The number of amides is 1. The quantitative estimate of drug-likeness (QED) is 0.829. The predicted octanol–water partition coefficient (Wildman–Crippen LogP) is 1.96. The van der Waals surface area contributed by atoms with Crippen LogP contribution in [0.4, 0.5) is 11.4 Å². The van der Waals surface area contributed by atoms with Gasteiger partial charge in [0.2, 0.25) is 5.91 Å². The molecule has 1 unspecified atom stereocenters. The van der Waals surface area contributed by atoms with Crippen molar-refractivity contribution in [3.63, 3.8) is 0 Å². The van der Waals surface area contributed by atoms with Crippen molar-refractivity contribution in [2.75, 3.05) is 17.2 Å². The summed E-state index contributed by atoms with van der Waals surface area (Å²) in [7, 11) is 0. The number of nitrogens with zero attached hydrogens (tertiary/aromatic N) is 1. The summed E-state index contributed by atoms with van der Waals surface area (Å²) < 4.78 is 0. The summed E-state index contributed by atoms with van der Waals surface area (Å²) in [5.74, 6) is 0.0528. The van der Waals surface area contributed by atoms with Gasteiger partial charge in [-0.1, -0.05) is 17.8 Å². The molecule has 1 amide bonds. The van der Waals surface area contributed by atoms with Gasteiger partial charge < -0.3 is 10.6 Å². The van der Waals surface area contributed by atoms with Crippen LogP contribution in [0.3, 0.4) is 0 Å². The topological polar surface area (TPSA) is 63.4 Å². The van der Waals surface area contributed by atoms with Crippen LogP contribution in [-0.2, 0) is 9.59 Å². The average molecular weight is 264 g/mol. The fourth-order valence-corrected chi connectivity index (χ4v) is 2.95. The number of aryl methyl sites for hydroxylation is 1. The molecule has 5 heteroatoms. The number of carbonyl (C=O) groups is 2. The molecule has 0 aromatic heterocycles. The number of rotatable bonds is 2. The number of nitrogens with two attached hydrogens (primary N) is 1. The van der Waals surface area contributed by atoms with Gasteiger partial charge in [0, 0.05) is 36.5 Å². The largest absolute Gasteiger partial charge is 0.398 e. The minimum atomic E-state index is 0.0528. The van der Waals surface area contributed by atoms with Crippen molar-refractivity contribution in [2.24, 2.45) is 0 Å². The molecule has 0 spiro atoms. The minimum absolute atomic E-state index is 0.0528. The molecule has 1 aliphatic heterocycles. The number of carbonyl (C=O) groups excluding carboxylic acids is 2. The lowest BCUT2D eigenvalue weighted by atomic mass is 10.2. The Kier molecular flexibility index (Phi) is 3.61. The number of anilines is 2. The van der Waals surface area contributed by atoms with Gasteiger partial charge in [0.25, 0.3) is 0 Å². The van der Waals surface area contributed by atoms with E-state index in [-0.39, 0.29) is 16.3 Å². The van der Waals surface area contributed by atoms with E-state index in [0.29, 0.717) is 18.7 Å². The van der Waals surface area contributed by atoms with E-state index in [1.54, 1.807) is 4.90 Å². The molecule has 1 saturated heterocycles. The Balaban J connectivity index is 2.16. The average Bonchev–Trinajstić information content (AvgIpc) is 2.62. The van der Waals surface area contributed by atoms with Crippen molar-refractivity contribution in [1.82, 2.24) is 0 Å². The highest BCUT2D eigenvalue weighted by Crippen LogP contribution is 2.30. The number of nitrogen functional groups attached to an aromatic ring is 1. The van der Waals surface area contributed by atoms with Crippen LogP contribution in [0.25, 0.3) is 0 Å². The molecule has 0 radical (unpaired) electrons. The van der Waals surface area contributed by atoms with Gasteiger partial charge in [0.15, 0.2) is 5.12 Å². The monoisotopic (exact) mass is 264 g/mol. The number of benzene rings is 1. The van der Waals surface area contributed by atoms with E-state index in [2.05, 4.69) is 0 Å². The van der Waals surface area contributed by atoms with E-state index in [0.717, 1.165) is 11.3 Å². The summed E-state index contributed by atoms with van der Waals surface area (Å²) in [5.41, 5.74) is 8.35. The second kappa shape index (κ2) is 5.02. The number of hydrogen-bond donors (Lipinski definition) is 1. The molecule has 2 N–H and O–H groups in total. The highest BCUT2D eigenvalue weighted by Gasteiger charge is 2.31. The molecule has 2 rings (SSSR count). The first kappa shape index (κ1) is 13.0. The minimum Gasteiger partial charge on any atom is -0.398 e. The Labute approximate surface area is 111 Å². The Hall–Kier alpha value is -1.49. The maximum absolute atomic E-state index is 11.9. The van der Waals surface area contributed by atoms with Crippen LogP contribution in [0.15, 0.2) is 18.2 Å². The maximum atomic E-state index is 11.9. The van der Waals surface area contributed by atoms with Crippen molar-refractivity contribution < 1.29 is 9.59 Å². The molecule has 0 bridgehead atoms. The summed E-state index contributed by atoms with van der Waals surface area (Å²) in [6, 6.07) is 5.61. The summed E-state index contributed by atoms with van der Waals surface area (Å²) in [5, 5.41) is 0.107. The van der Waals surface area contributed by atoms with Crippen molar-refractivity contribution in [2.45, 2.75) is 25.5 Å².